The minimum Gasteiger partial charge on any atom is -0.473 e. The SMILES string of the molecule is CC(C)(C)OC(=O)N1CCN2C[C@H](Oc3cccc(C(F)(F)F)n3)C[C@H]2C1. The lowest BCUT2D eigenvalue weighted by Gasteiger charge is -2.37. The van der Waals surface area contributed by atoms with Crippen molar-refractivity contribution in [2.75, 3.05) is 26.2 Å². The van der Waals surface area contributed by atoms with E-state index in [0.717, 1.165) is 6.07 Å². The minimum atomic E-state index is -4.50. The number of hydrogen-bond donors (Lipinski definition) is 0. The van der Waals surface area contributed by atoms with Crippen LogP contribution in [0.15, 0.2) is 18.2 Å². The number of alkyl halides is 3. The maximum absolute atomic E-state index is 12.8. The van der Waals surface area contributed by atoms with Gasteiger partial charge in [0.1, 0.15) is 17.4 Å². The molecular formula is C18H24F3N3O3. The summed E-state index contributed by atoms with van der Waals surface area (Å²) in [5.74, 6) is -0.0290. The molecule has 0 bridgehead atoms. The van der Waals surface area contributed by atoms with Crippen molar-refractivity contribution in [3.05, 3.63) is 23.9 Å². The zero-order chi connectivity index (χ0) is 19.8. The Labute approximate surface area is 156 Å². The minimum absolute atomic E-state index is 0.0290. The van der Waals surface area contributed by atoms with Crippen molar-refractivity contribution in [3.63, 3.8) is 0 Å². The number of pyridine rings is 1. The van der Waals surface area contributed by atoms with Gasteiger partial charge in [0.25, 0.3) is 0 Å². The summed E-state index contributed by atoms with van der Waals surface area (Å²) in [5.41, 5.74) is -1.52. The second kappa shape index (κ2) is 7.18. The lowest BCUT2D eigenvalue weighted by molar-refractivity contribution is -0.141. The molecule has 2 saturated heterocycles. The highest BCUT2D eigenvalue weighted by Gasteiger charge is 2.40. The van der Waals surface area contributed by atoms with Gasteiger partial charge in [-0.2, -0.15) is 13.2 Å². The van der Waals surface area contributed by atoms with E-state index in [-0.39, 0.29) is 24.1 Å². The van der Waals surface area contributed by atoms with E-state index in [1.807, 2.05) is 20.8 Å². The smallest absolute Gasteiger partial charge is 0.433 e. The number of carbonyl (C=O) groups excluding carboxylic acids is 1. The first-order valence-electron chi connectivity index (χ1n) is 8.94. The predicted molar refractivity (Wildman–Crippen MR) is 91.4 cm³/mol. The number of aromatic nitrogens is 1. The highest BCUT2D eigenvalue weighted by atomic mass is 19.4. The van der Waals surface area contributed by atoms with E-state index in [4.69, 9.17) is 9.47 Å². The van der Waals surface area contributed by atoms with Crippen LogP contribution in [0.1, 0.15) is 32.9 Å². The Balaban J connectivity index is 1.58. The topological polar surface area (TPSA) is 54.9 Å². The van der Waals surface area contributed by atoms with Crippen LogP contribution in [0.25, 0.3) is 0 Å². The molecule has 1 aromatic heterocycles. The van der Waals surface area contributed by atoms with Crippen LogP contribution in [-0.4, -0.2) is 64.8 Å². The summed E-state index contributed by atoms with van der Waals surface area (Å²) in [5, 5.41) is 0. The Bertz CT molecular complexity index is 690. The van der Waals surface area contributed by atoms with Gasteiger partial charge in [0, 0.05) is 44.7 Å². The molecule has 0 aliphatic carbocycles. The van der Waals surface area contributed by atoms with Crippen molar-refractivity contribution in [2.24, 2.45) is 0 Å². The van der Waals surface area contributed by atoms with Crippen LogP contribution in [0.2, 0.25) is 0 Å². The second-order valence-electron chi connectivity index (χ2n) is 7.91. The zero-order valence-corrected chi connectivity index (χ0v) is 15.6. The van der Waals surface area contributed by atoms with Crippen molar-refractivity contribution in [1.29, 1.82) is 0 Å². The van der Waals surface area contributed by atoms with E-state index in [9.17, 15) is 18.0 Å². The molecule has 0 N–H and O–H groups in total. The average molecular weight is 387 g/mol. The molecule has 6 nitrogen and oxygen atoms in total. The van der Waals surface area contributed by atoms with E-state index in [2.05, 4.69) is 9.88 Å². The van der Waals surface area contributed by atoms with Crippen molar-refractivity contribution < 1.29 is 27.4 Å². The summed E-state index contributed by atoms with van der Waals surface area (Å²) in [7, 11) is 0. The third-order valence-corrected chi connectivity index (χ3v) is 4.53. The molecule has 1 aromatic rings. The Morgan fingerprint density at radius 1 is 1.19 bits per heavy atom. The Kier molecular flexibility index (Phi) is 5.24. The predicted octanol–water partition coefficient (Wildman–Crippen LogP) is 3.17. The van der Waals surface area contributed by atoms with Crippen LogP contribution in [0.3, 0.4) is 0 Å². The molecule has 0 aromatic carbocycles. The van der Waals surface area contributed by atoms with Gasteiger partial charge in [0.05, 0.1) is 0 Å². The number of hydrogen-bond acceptors (Lipinski definition) is 5. The molecular weight excluding hydrogens is 363 g/mol. The summed E-state index contributed by atoms with van der Waals surface area (Å²) in [6.07, 6.45) is -4.48. The molecule has 3 heterocycles. The van der Waals surface area contributed by atoms with Gasteiger partial charge in [0.2, 0.25) is 5.88 Å². The lowest BCUT2D eigenvalue weighted by Crippen LogP contribution is -2.53. The van der Waals surface area contributed by atoms with E-state index in [1.165, 1.54) is 12.1 Å². The molecule has 2 aliphatic heterocycles. The van der Waals surface area contributed by atoms with E-state index < -0.39 is 17.5 Å². The quantitative estimate of drug-likeness (QED) is 0.780. The van der Waals surface area contributed by atoms with Crippen LogP contribution in [0.5, 0.6) is 5.88 Å². The number of rotatable bonds is 2. The first-order valence-corrected chi connectivity index (χ1v) is 8.94. The number of piperazine rings is 1. The molecule has 27 heavy (non-hydrogen) atoms. The third-order valence-electron chi connectivity index (χ3n) is 4.53. The molecule has 0 saturated carbocycles. The molecule has 0 unspecified atom stereocenters. The monoisotopic (exact) mass is 387 g/mol. The van der Waals surface area contributed by atoms with Crippen molar-refractivity contribution in [3.8, 4) is 5.88 Å². The first kappa shape index (κ1) is 19.7. The van der Waals surface area contributed by atoms with Crippen molar-refractivity contribution in [2.45, 2.75) is 51.1 Å². The fourth-order valence-electron chi connectivity index (χ4n) is 3.38. The Hall–Kier alpha value is -2.03. The molecule has 3 rings (SSSR count). The van der Waals surface area contributed by atoms with Gasteiger partial charge >= 0.3 is 12.3 Å². The van der Waals surface area contributed by atoms with Gasteiger partial charge in [-0.3, -0.25) is 4.90 Å². The number of halogens is 3. The normalized spacial score (nSPS) is 23.9. The van der Waals surface area contributed by atoms with Gasteiger partial charge in [0.15, 0.2) is 0 Å². The van der Waals surface area contributed by atoms with Crippen LogP contribution < -0.4 is 4.74 Å². The summed E-state index contributed by atoms with van der Waals surface area (Å²) in [4.78, 5) is 19.7. The van der Waals surface area contributed by atoms with Gasteiger partial charge in [-0.05, 0) is 26.8 Å². The number of ether oxygens (including phenoxy) is 2. The highest BCUT2D eigenvalue weighted by Crippen LogP contribution is 2.30. The lowest BCUT2D eigenvalue weighted by atomic mass is 10.1. The van der Waals surface area contributed by atoms with Gasteiger partial charge in [-0.15, -0.1) is 0 Å². The van der Waals surface area contributed by atoms with Crippen molar-refractivity contribution in [1.82, 2.24) is 14.8 Å². The van der Waals surface area contributed by atoms with Crippen LogP contribution >= 0.6 is 0 Å². The maximum Gasteiger partial charge on any atom is 0.433 e. The first-order chi connectivity index (χ1) is 12.5. The second-order valence-corrected chi connectivity index (χ2v) is 7.91. The number of fused-ring (bicyclic) bond motifs is 1. The molecule has 150 valence electrons. The van der Waals surface area contributed by atoms with Crippen LogP contribution in [0, 0.1) is 0 Å². The summed E-state index contributed by atoms with van der Waals surface area (Å²) in [6, 6.07) is 3.74. The molecule has 1 amide bonds. The van der Waals surface area contributed by atoms with E-state index >= 15 is 0 Å². The third kappa shape index (κ3) is 5.03. The van der Waals surface area contributed by atoms with Crippen LogP contribution in [-0.2, 0) is 10.9 Å². The largest absolute Gasteiger partial charge is 0.473 e. The molecule has 0 spiro atoms. The molecule has 0 radical (unpaired) electrons. The molecule has 2 atom stereocenters. The standard InChI is InChI=1S/C18H24F3N3O3/c1-17(2,3)27-16(25)24-8-7-23-11-13(9-12(23)10-24)26-15-6-4-5-14(22-15)18(19,20)21/h4-6,12-13H,7-11H2,1-3H3/t12-,13+/m0/s1. The number of carbonyl (C=O) groups is 1. The summed E-state index contributed by atoms with van der Waals surface area (Å²) < 4.78 is 49.5. The van der Waals surface area contributed by atoms with Crippen LogP contribution in [0.4, 0.5) is 18.0 Å². The van der Waals surface area contributed by atoms with Gasteiger partial charge in [-0.25, -0.2) is 9.78 Å². The molecule has 2 aliphatic rings. The molecule has 9 heteroatoms. The molecule has 2 fully saturated rings. The number of amides is 1. The van der Waals surface area contributed by atoms with Gasteiger partial charge < -0.3 is 14.4 Å². The van der Waals surface area contributed by atoms with Crippen molar-refractivity contribution >= 4 is 6.09 Å². The van der Waals surface area contributed by atoms with Gasteiger partial charge in [-0.1, -0.05) is 6.07 Å². The highest BCUT2D eigenvalue weighted by molar-refractivity contribution is 5.68. The van der Waals surface area contributed by atoms with E-state index in [0.29, 0.717) is 32.6 Å². The Morgan fingerprint density at radius 2 is 1.93 bits per heavy atom. The maximum atomic E-state index is 12.8. The fourth-order valence-corrected chi connectivity index (χ4v) is 3.38. The average Bonchev–Trinajstić information content (AvgIpc) is 2.94. The number of nitrogens with zero attached hydrogens (tertiary/aromatic N) is 3. The summed E-state index contributed by atoms with van der Waals surface area (Å²) in [6.45, 7) is 7.82. The van der Waals surface area contributed by atoms with E-state index in [1.54, 1.807) is 4.90 Å². The zero-order valence-electron chi connectivity index (χ0n) is 15.6. The Morgan fingerprint density at radius 3 is 2.59 bits per heavy atom. The fraction of sp³-hybridized carbons (Fsp3) is 0.667. The summed E-state index contributed by atoms with van der Waals surface area (Å²) >= 11 is 0.